The van der Waals surface area contributed by atoms with Crippen LogP contribution in [0.3, 0.4) is 0 Å². The summed E-state index contributed by atoms with van der Waals surface area (Å²) >= 11 is 7.67. The molecule has 4 rings (SSSR count). The lowest BCUT2D eigenvalue weighted by molar-refractivity contribution is -0.114. The number of amides is 1. The molecule has 0 spiro atoms. The number of thioether (sulfide) groups is 1. The molecule has 8 heteroatoms. The minimum Gasteiger partial charge on any atom is -0.318 e. The normalized spacial score (nSPS) is 17.7. The minimum atomic E-state index is -0.414. The largest absolute Gasteiger partial charge is 0.318 e. The third-order valence-electron chi connectivity index (χ3n) is 5.21. The Kier molecular flexibility index (Phi) is 5.20. The lowest BCUT2D eigenvalue weighted by Gasteiger charge is -2.20. The highest BCUT2D eigenvalue weighted by Gasteiger charge is 2.36. The molecule has 2 aliphatic heterocycles. The number of hydrazone groups is 1. The van der Waals surface area contributed by atoms with E-state index >= 15 is 0 Å². The smallest absolute Gasteiger partial charge is 0.283 e. The van der Waals surface area contributed by atoms with Gasteiger partial charge in [0.2, 0.25) is 5.17 Å². The number of aromatic nitrogens is 1. The fourth-order valence-corrected chi connectivity index (χ4v) is 4.60. The monoisotopic (exact) mass is 439 g/mol. The standard InChI is InChI=1S/C22H22ClN5OS/c1-11(2)21-26-28-19(24)16(20(29)25-22(28)30-21)10-15-9-12(3)27(14(15)5)18-8-6-7-17(23)13(18)4/h6-11,24H,1-5H3. The summed E-state index contributed by atoms with van der Waals surface area (Å²) in [5.74, 6) is -0.155. The predicted molar refractivity (Wildman–Crippen MR) is 125 cm³/mol. The number of nitrogens with one attached hydrogen (secondary N) is 1. The van der Waals surface area contributed by atoms with E-state index in [1.165, 1.54) is 16.8 Å². The van der Waals surface area contributed by atoms with Gasteiger partial charge in [-0.15, -0.1) is 0 Å². The average molecular weight is 440 g/mol. The zero-order valence-corrected chi connectivity index (χ0v) is 19.0. The number of halogens is 1. The molecule has 2 aliphatic rings. The molecule has 0 atom stereocenters. The first-order chi connectivity index (χ1) is 14.2. The Morgan fingerprint density at radius 3 is 2.67 bits per heavy atom. The van der Waals surface area contributed by atoms with Gasteiger partial charge in [-0.05, 0) is 67.9 Å². The Labute approximate surface area is 184 Å². The number of aryl methyl sites for hydroxylation is 1. The van der Waals surface area contributed by atoms with Gasteiger partial charge in [-0.1, -0.05) is 31.5 Å². The van der Waals surface area contributed by atoms with Gasteiger partial charge in [-0.2, -0.15) is 15.1 Å². The molecular weight excluding hydrogens is 418 g/mol. The number of benzene rings is 1. The van der Waals surface area contributed by atoms with Crippen molar-refractivity contribution in [3.8, 4) is 5.69 Å². The van der Waals surface area contributed by atoms with Crippen LogP contribution in [0.25, 0.3) is 11.8 Å². The van der Waals surface area contributed by atoms with Crippen molar-refractivity contribution in [2.45, 2.75) is 34.6 Å². The summed E-state index contributed by atoms with van der Waals surface area (Å²) in [6, 6.07) is 7.82. The zero-order chi connectivity index (χ0) is 21.7. The summed E-state index contributed by atoms with van der Waals surface area (Å²) < 4.78 is 2.11. The van der Waals surface area contributed by atoms with Crippen LogP contribution >= 0.6 is 23.4 Å². The van der Waals surface area contributed by atoms with Crippen LogP contribution in [-0.2, 0) is 4.79 Å². The second-order valence-corrected chi connectivity index (χ2v) is 9.05. The van der Waals surface area contributed by atoms with Crippen LogP contribution in [0.2, 0.25) is 5.02 Å². The Morgan fingerprint density at radius 2 is 1.97 bits per heavy atom. The van der Waals surface area contributed by atoms with Gasteiger partial charge < -0.3 is 4.57 Å². The molecule has 0 fully saturated rings. The fourth-order valence-electron chi connectivity index (χ4n) is 3.54. The lowest BCUT2D eigenvalue weighted by atomic mass is 10.1. The summed E-state index contributed by atoms with van der Waals surface area (Å²) in [4.78, 5) is 16.9. The number of amidine groups is 2. The zero-order valence-electron chi connectivity index (χ0n) is 17.4. The van der Waals surface area contributed by atoms with Gasteiger partial charge in [0, 0.05) is 28.0 Å². The van der Waals surface area contributed by atoms with Crippen LogP contribution in [0.5, 0.6) is 0 Å². The Bertz CT molecular complexity index is 1190. The van der Waals surface area contributed by atoms with E-state index in [1.807, 2.05) is 58.9 Å². The number of aliphatic imine (C=N–C) groups is 1. The number of carbonyl (C=O) groups excluding carboxylic acids is 1. The summed E-state index contributed by atoms with van der Waals surface area (Å²) in [7, 11) is 0. The SMILES string of the molecule is Cc1c(Cl)cccc1-n1c(C)cc(C=C2C(=N)N3N=C(C(C)C)SC3=NC2=O)c1C. The molecule has 3 heterocycles. The Hall–Kier alpha value is -2.64. The van der Waals surface area contributed by atoms with Gasteiger partial charge >= 0.3 is 0 Å². The van der Waals surface area contributed by atoms with E-state index in [-0.39, 0.29) is 17.3 Å². The van der Waals surface area contributed by atoms with E-state index < -0.39 is 5.91 Å². The van der Waals surface area contributed by atoms with Crippen molar-refractivity contribution in [2.24, 2.45) is 16.0 Å². The highest BCUT2D eigenvalue weighted by molar-refractivity contribution is 8.27. The lowest BCUT2D eigenvalue weighted by Crippen LogP contribution is -2.35. The van der Waals surface area contributed by atoms with Gasteiger partial charge in [0.05, 0.1) is 5.57 Å². The number of nitrogens with zero attached hydrogens (tertiary/aromatic N) is 4. The maximum atomic E-state index is 12.7. The Balaban J connectivity index is 1.77. The highest BCUT2D eigenvalue weighted by atomic mass is 35.5. The summed E-state index contributed by atoms with van der Waals surface area (Å²) in [5, 5.41) is 16.5. The second-order valence-electron chi connectivity index (χ2n) is 7.66. The number of rotatable bonds is 3. The number of fused-ring (bicyclic) bond motifs is 1. The molecule has 2 aromatic rings. The van der Waals surface area contributed by atoms with Gasteiger partial charge in [0.1, 0.15) is 5.04 Å². The van der Waals surface area contributed by atoms with Gasteiger partial charge in [-0.3, -0.25) is 10.2 Å². The van der Waals surface area contributed by atoms with Crippen molar-refractivity contribution in [1.29, 1.82) is 5.41 Å². The first kappa shape index (κ1) is 20.6. The molecule has 0 radical (unpaired) electrons. The molecule has 1 aromatic carbocycles. The molecule has 1 amide bonds. The van der Waals surface area contributed by atoms with E-state index in [0.717, 1.165) is 33.2 Å². The first-order valence-corrected chi connectivity index (χ1v) is 10.8. The molecule has 0 aliphatic carbocycles. The van der Waals surface area contributed by atoms with Gasteiger partial charge in [0.25, 0.3) is 5.91 Å². The summed E-state index contributed by atoms with van der Waals surface area (Å²) in [5.41, 5.74) is 5.05. The Morgan fingerprint density at radius 1 is 1.23 bits per heavy atom. The van der Waals surface area contributed by atoms with Crippen molar-refractivity contribution in [1.82, 2.24) is 9.58 Å². The second kappa shape index (κ2) is 7.56. The van der Waals surface area contributed by atoms with E-state index in [0.29, 0.717) is 10.2 Å². The van der Waals surface area contributed by atoms with E-state index in [1.54, 1.807) is 6.08 Å². The van der Waals surface area contributed by atoms with Gasteiger partial charge in [-0.25, -0.2) is 0 Å². The van der Waals surface area contributed by atoms with Crippen LogP contribution in [-0.4, -0.2) is 31.5 Å². The fraction of sp³-hybridized carbons (Fsp3) is 0.273. The van der Waals surface area contributed by atoms with Crippen LogP contribution in [0.4, 0.5) is 0 Å². The number of hydrogen-bond acceptors (Lipinski definition) is 4. The van der Waals surface area contributed by atoms with Crippen molar-refractivity contribution >= 4 is 51.4 Å². The molecule has 0 saturated heterocycles. The van der Waals surface area contributed by atoms with Crippen molar-refractivity contribution < 1.29 is 4.79 Å². The van der Waals surface area contributed by atoms with Crippen molar-refractivity contribution in [2.75, 3.05) is 0 Å². The minimum absolute atomic E-state index is 0.0527. The van der Waals surface area contributed by atoms with E-state index in [4.69, 9.17) is 17.0 Å². The quantitative estimate of drug-likeness (QED) is 0.656. The molecule has 0 saturated carbocycles. The molecule has 6 nitrogen and oxygen atoms in total. The maximum absolute atomic E-state index is 12.7. The van der Waals surface area contributed by atoms with E-state index in [9.17, 15) is 4.79 Å². The number of hydrogen-bond donors (Lipinski definition) is 1. The molecular formula is C22H22ClN5OS. The topological polar surface area (TPSA) is 73.8 Å². The molecule has 30 heavy (non-hydrogen) atoms. The molecule has 154 valence electrons. The third kappa shape index (κ3) is 3.32. The summed E-state index contributed by atoms with van der Waals surface area (Å²) in [6.45, 7) is 10.0. The third-order valence-corrected chi connectivity index (χ3v) is 6.83. The number of carbonyl (C=O) groups is 1. The van der Waals surface area contributed by atoms with Crippen LogP contribution in [0.1, 0.15) is 36.4 Å². The predicted octanol–water partition coefficient (Wildman–Crippen LogP) is 5.33. The summed E-state index contributed by atoms with van der Waals surface area (Å²) in [6.07, 6.45) is 1.73. The highest BCUT2D eigenvalue weighted by Crippen LogP contribution is 2.32. The molecule has 1 N–H and O–H groups in total. The van der Waals surface area contributed by atoms with E-state index in [2.05, 4.69) is 14.7 Å². The van der Waals surface area contributed by atoms with Crippen molar-refractivity contribution in [3.05, 3.63) is 57.4 Å². The average Bonchev–Trinajstić information content (AvgIpc) is 3.23. The van der Waals surface area contributed by atoms with Crippen LogP contribution in [0, 0.1) is 32.1 Å². The molecule has 1 aromatic heterocycles. The van der Waals surface area contributed by atoms with Crippen LogP contribution in [0.15, 0.2) is 39.9 Å². The molecule has 0 bridgehead atoms. The first-order valence-electron chi connectivity index (χ1n) is 9.63. The van der Waals surface area contributed by atoms with Gasteiger partial charge in [0.15, 0.2) is 5.84 Å². The molecule has 0 unspecified atom stereocenters. The van der Waals surface area contributed by atoms with Crippen molar-refractivity contribution in [3.63, 3.8) is 0 Å². The van der Waals surface area contributed by atoms with Crippen LogP contribution < -0.4 is 0 Å². The maximum Gasteiger partial charge on any atom is 0.283 e.